The number of esters is 1. The second-order valence-corrected chi connectivity index (χ2v) is 1.58. The van der Waals surface area contributed by atoms with Crippen LogP contribution in [0, 0.1) is 0 Å². The zero-order chi connectivity index (χ0) is 9.82. The minimum atomic E-state index is -0.393. The highest BCUT2D eigenvalue weighted by Gasteiger charge is 1.98. The maximum atomic E-state index is 10.5. The SMILES string of the molecule is CCOC(=O)COCCO.CO. The van der Waals surface area contributed by atoms with Crippen molar-refractivity contribution >= 4 is 5.97 Å². The number of aliphatic hydroxyl groups is 2. The maximum absolute atomic E-state index is 10.5. The van der Waals surface area contributed by atoms with Crippen molar-refractivity contribution in [3.8, 4) is 0 Å². The zero-order valence-electron chi connectivity index (χ0n) is 7.45. The Morgan fingerprint density at radius 2 is 2.00 bits per heavy atom. The first-order valence-electron chi connectivity index (χ1n) is 3.60. The second-order valence-electron chi connectivity index (χ2n) is 1.58. The Morgan fingerprint density at radius 1 is 1.42 bits per heavy atom. The van der Waals surface area contributed by atoms with Crippen LogP contribution in [0.1, 0.15) is 6.92 Å². The first kappa shape index (κ1) is 13.9. The zero-order valence-corrected chi connectivity index (χ0v) is 7.45. The molecule has 0 radical (unpaired) electrons. The van der Waals surface area contributed by atoms with Gasteiger partial charge in [0.05, 0.1) is 19.8 Å². The number of aliphatic hydroxyl groups excluding tert-OH is 2. The van der Waals surface area contributed by atoms with Crippen molar-refractivity contribution in [3.63, 3.8) is 0 Å². The molecule has 0 rings (SSSR count). The van der Waals surface area contributed by atoms with Gasteiger partial charge in [-0.25, -0.2) is 4.79 Å². The predicted molar refractivity (Wildman–Crippen MR) is 42.7 cm³/mol. The fraction of sp³-hybridized carbons (Fsp3) is 0.857. The fourth-order valence-electron chi connectivity index (χ4n) is 0.423. The Balaban J connectivity index is 0. The number of hydrogen-bond donors (Lipinski definition) is 2. The molecule has 0 spiro atoms. The maximum Gasteiger partial charge on any atom is 0.332 e. The van der Waals surface area contributed by atoms with Gasteiger partial charge in [-0.05, 0) is 6.92 Å². The average molecular weight is 180 g/mol. The van der Waals surface area contributed by atoms with E-state index in [9.17, 15) is 4.79 Å². The van der Waals surface area contributed by atoms with Crippen molar-refractivity contribution in [1.82, 2.24) is 0 Å². The van der Waals surface area contributed by atoms with Crippen molar-refractivity contribution < 1.29 is 24.5 Å². The summed E-state index contributed by atoms with van der Waals surface area (Å²) in [4.78, 5) is 10.5. The van der Waals surface area contributed by atoms with E-state index in [0.717, 1.165) is 7.11 Å². The van der Waals surface area contributed by atoms with Crippen LogP contribution in [0.2, 0.25) is 0 Å². The lowest BCUT2D eigenvalue weighted by molar-refractivity contribution is -0.148. The fourth-order valence-corrected chi connectivity index (χ4v) is 0.423. The molecule has 0 aliphatic carbocycles. The monoisotopic (exact) mass is 180 g/mol. The largest absolute Gasteiger partial charge is 0.464 e. The van der Waals surface area contributed by atoms with Crippen molar-refractivity contribution in [2.75, 3.05) is 33.5 Å². The molecule has 0 saturated heterocycles. The van der Waals surface area contributed by atoms with Gasteiger partial charge in [0.25, 0.3) is 0 Å². The Morgan fingerprint density at radius 3 is 2.42 bits per heavy atom. The quantitative estimate of drug-likeness (QED) is 0.426. The van der Waals surface area contributed by atoms with Crippen LogP contribution in [0.15, 0.2) is 0 Å². The molecular formula is C7H16O5. The molecule has 0 aromatic rings. The molecule has 0 fully saturated rings. The van der Waals surface area contributed by atoms with Crippen molar-refractivity contribution in [2.45, 2.75) is 6.92 Å². The third-order valence-corrected chi connectivity index (χ3v) is 0.761. The average Bonchev–Trinajstić information content (AvgIpc) is 2.09. The topological polar surface area (TPSA) is 76.0 Å². The van der Waals surface area contributed by atoms with Crippen LogP contribution >= 0.6 is 0 Å². The van der Waals surface area contributed by atoms with Crippen LogP contribution in [0.5, 0.6) is 0 Å². The minimum absolute atomic E-state index is 0.0700. The van der Waals surface area contributed by atoms with E-state index in [-0.39, 0.29) is 19.8 Å². The highest BCUT2D eigenvalue weighted by atomic mass is 16.6. The summed E-state index contributed by atoms with van der Waals surface area (Å²) in [5.41, 5.74) is 0. The van der Waals surface area contributed by atoms with E-state index in [1.54, 1.807) is 6.92 Å². The Labute approximate surface area is 71.9 Å². The predicted octanol–water partition coefficient (Wildman–Crippen LogP) is -0.833. The smallest absolute Gasteiger partial charge is 0.332 e. The Hall–Kier alpha value is -0.650. The van der Waals surface area contributed by atoms with Crippen LogP contribution in [-0.4, -0.2) is 49.7 Å². The standard InChI is InChI=1S/C6H12O4.CH4O/c1-2-10-6(8)5-9-4-3-7;1-2/h7H,2-5H2,1H3;2H,1H3. The molecule has 0 heterocycles. The number of ether oxygens (including phenoxy) is 2. The van der Waals surface area contributed by atoms with Crippen molar-refractivity contribution in [2.24, 2.45) is 0 Å². The van der Waals surface area contributed by atoms with E-state index in [4.69, 9.17) is 10.2 Å². The van der Waals surface area contributed by atoms with E-state index in [2.05, 4.69) is 9.47 Å². The van der Waals surface area contributed by atoms with Crippen LogP contribution in [0.4, 0.5) is 0 Å². The van der Waals surface area contributed by atoms with Crippen molar-refractivity contribution in [1.29, 1.82) is 0 Å². The van der Waals surface area contributed by atoms with Crippen molar-refractivity contribution in [3.05, 3.63) is 0 Å². The summed E-state index contributed by atoms with van der Waals surface area (Å²) in [6.45, 7) is 2.12. The molecular weight excluding hydrogens is 164 g/mol. The summed E-state index contributed by atoms with van der Waals surface area (Å²) >= 11 is 0. The minimum Gasteiger partial charge on any atom is -0.464 e. The van der Waals surface area contributed by atoms with E-state index in [0.29, 0.717) is 6.61 Å². The molecule has 74 valence electrons. The number of carbonyl (C=O) groups is 1. The second kappa shape index (κ2) is 13.0. The van der Waals surface area contributed by atoms with Crippen LogP contribution < -0.4 is 0 Å². The molecule has 0 atom stereocenters. The lowest BCUT2D eigenvalue weighted by Gasteiger charge is -2.00. The number of hydrogen-bond acceptors (Lipinski definition) is 5. The van der Waals surface area contributed by atoms with Gasteiger partial charge in [0.2, 0.25) is 0 Å². The summed E-state index contributed by atoms with van der Waals surface area (Å²) in [5.74, 6) is -0.393. The normalized spacial score (nSPS) is 8.33. The van der Waals surface area contributed by atoms with Gasteiger partial charge in [0.15, 0.2) is 0 Å². The molecule has 0 bridgehead atoms. The molecule has 0 aliphatic heterocycles. The Kier molecular flexibility index (Phi) is 15.0. The summed E-state index contributed by atoms with van der Waals surface area (Å²) < 4.78 is 9.22. The highest BCUT2D eigenvalue weighted by Crippen LogP contribution is 1.79. The number of carbonyl (C=O) groups excluding carboxylic acids is 1. The molecule has 0 aliphatic rings. The number of rotatable bonds is 5. The highest BCUT2D eigenvalue weighted by molar-refractivity contribution is 5.70. The van der Waals surface area contributed by atoms with E-state index >= 15 is 0 Å². The van der Waals surface area contributed by atoms with E-state index in [1.807, 2.05) is 0 Å². The van der Waals surface area contributed by atoms with Gasteiger partial charge in [0.1, 0.15) is 6.61 Å². The van der Waals surface area contributed by atoms with Gasteiger partial charge in [-0.15, -0.1) is 0 Å². The third-order valence-electron chi connectivity index (χ3n) is 0.761. The van der Waals surface area contributed by atoms with Gasteiger partial charge in [-0.1, -0.05) is 0 Å². The molecule has 5 heteroatoms. The lowest BCUT2D eigenvalue weighted by atomic mass is 10.7. The first-order valence-corrected chi connectivity index (χ1v) is 3.60. The summed E-state index contributed by atoms with van der Waals surface area (Å²) in [5, 5.41) is 15.2. The van der Waals surface area contributed by atoms with Crippen LogP contribution in [0.3, 0.4) is 0 Å². The summed E-state index contributed by atoms with van der Waals surface area (Å²) in [6, 6.07) is 0. The molecule has 0 aromatic heterocycles. The van der Waals surface area contributed by atoms with Crippen LogP contribution in [0.25, 0.3) is 0 Å². The summed E-state index contributed by atoms with van der Waals surface area (Å²) in [7, 11) is 1.00. The van der Waals surface area contributed by atoms with Gasteiger partial charge in [-0.3, -0.25) is 0 Å². The molecule has 2 N–H and O–H groups in total. The summed E-state index contributed by atoms with van der Waals surface area (Å²) in [6.07, 6.45) is 0. The lowest BCUT2D eigenvalue weighted by Crippen LogP contribution is -2.13. The molecule has 0 amide bonds. The Bertz CT molecular complexity index is 93.8. The molecule has 0 unspecified atom stereocenters. The van der Waals surface area contributed by atoms with Crippen LogP contribution in [-0.2, 0) is 14.3 Å². The van der Waals surface area contributed by atoms with E-state index in [1.165, 1.54) is 0 Å². The molecule has 0 aromatic carbocycles. The van der Waals surface area contributed by atoms with Gasteiger partial charge < -0.3 is 19.7 Å². The van der Waals surface area contributed by atoms with Gasteiger partial charge in [-0.2, -0.15) is 0 Å². The molecule has 5 nitrogen and oxygen atoms in total. The third kappa shape index (κ3) is 12.1. The van der Waals surface area contributed by atoms with Gasteiger partial charge >= 0.3 is 5.97 Å². The van der Waals surface area contributed by atoms with Gasteiger partial charge in [0, 0.05) is 7.11 Å². The van der Waals surface area contributed by atoms with E-state index < -0.39 is 5.97 Å². The first-order chi connectivity index (χ1) is 5.81. The molecule has 0 saturated carbocycles. The molecule has 12 heavy (non-hydrogen) atoms.